The minimum atomic E-state index is 0.285. The quantitative estimate of drug-likeness (QED) is 0.782. The molecule has 2 rings (SSSR count). The zero-order valence-electron chi connectivity index (χ0n) is 13.5. The van der Waals surface area contributed by atoms with E-state index < -0.39 is 0 Å². The Morgan fingerprint density at radius 2 is 1.62 bits per heavy atom. The summed E-state index contributed by atoms with van der Waals surface area (Å²) in [5.41, 5.74) is 1.77. The molecule has 2 aromatic carbocycles. The van der Waals surface area contributed by atoms with E-state index in [1.165, 1.54) is 7.11 Å². The molecule has 0 unspecified atom stereocenters. The van der Waals surface area contributed by atoms with Gasteiger partial charge < -0.3 is 18.9 Å². The summed E-state index contributed by atoms with van der Waals surface area (Å²) >= 11 is 0. The summed E-state index contributed by atoms with van der Waals surface area (Å²) < 4.78 is 29.4. The summed E-state index contributed by atoms with van der Waals surface area (Å²) in [6.07, 6.45) is 0. The third-order valence-corrected chi connectivity index (χ3v) is 3.02. The SMILES string of the molecule is [2H]c1c(COCc2cccc(OC)c2)ccc(OC)c1OC. The predicted octanol–water partition coefficient (Wildman–Crippen LogP) is 3.43. The first-order valence-corrected chi connectivity index (χ1v) is 6.60. The minimum Gasteiger partial charge on any atom is -0.497 e. The molecule has 0 atom stereocenters. The molecule has 0 saturated carbocycles. The fourth-order valence-corrected chi connectivity index (χ4v) is 1.94. The Kier molecular flexibility index (Phi) is 4.95. The summed E-state index contributed by atoms with van der Waals surface area (Å²) in [7, 11) is 4.71. The van der Waals surface area contributed by atoms with Crippen molar-refractivity contribution in [2.45, 2.75) is 13.2 Å². The van der Waals surface area contributed by atoms with Crippen LogP contribution in [0.5, 0.6) is 17.2 Å². The standard InChI is InChI=1S/C17H20O4/c1-18-15-6-4-5-13(9-15)11-21-12-14-7-8-16(19-2)17(10-14)20-3/h4-10H,11-12H2,1-3H3/i10D. The molecule has 0 aromatic heterocycles. The van der Waals surface area contributed by atoms with Crippen molar-refractivity contribution < 1.29 is 20.3 Å². The summed E-state index contributed by atoms with van der Waals surface area (Å²) in [5, 5.41) is 0. The van der Waals surface area contributed by atoms with Gasteiger partial charge in [-0.25, -0.2) is 0 Å². The molecule has 4 heteroatoms. The molecule has 0 N–H and O–H groups in total. The topological polar surface area (TPSA) is 36.9 Å². The Hall–Kier alpha value is -2.20. The van der Waals surface area contributed by atoms with Crippen molar-refractivity contribution >= 4 is 0 Å². The van der Waals surface area contributed by atoms with Gasteiger partial charge in [0.15, 0.2) is 11.5 Å². The van der Waals surface area contributed by atoms with E-state index in [4.69, 9.17) is 20.3 Å². The van der Waals surface area contributed by atoms with E-state index in [2.05, 4.69) is 0 Å². The van der Waals surface area contributed by atoms with Gasteiger partial charge in [0.2, 0.25) is 0 Å². The van der Waals surface area contributed by atoms with E-state index in [0.29, 0.717) is 24.7 Å². The Balaban J connectivity index is 2.02. The van der Waals surface area contributed by atoms with Gasteiger partial charge in [0, 0.05) is 0 Å². The molecule has 0 heterocycles. The number of rotatable bonds is 7. The summed E-state index contributed by atoms with van der Waals surface area (Å²) in [4.78, 5) is 0. The maximum Gasteiger partial charge on any atom is 0.161 e. The maximum absolute atomic E-state index is 8.13. The van der Waals surface area contributed by atoms with Crippen molar-refractivity contribution in [2.75, 3.05) is 21.3 Å². The molecule has 0 bridgehead atoms. The third kappa shape index (κ3) is 4.13. The van der Waals surface area contributed by atoms with Gasteiger partial charge in [0.05, 0.1) is 35.9 Å². The van der Waals surface area contributed by atoms with Gasteiger partial charge in [-0.2, -0.15) is 0 Å². The summed E-state index contributed by atoms with van der Waals surface area (Å²) in [6.45, 7) is 0.779. The van der Waals surface area contributed by atoms with Gasteiger partial charge in [-0.1, -0.05) is 18.2 Å². The van der Waals surface area contributed by atoms with Crippen LogP contribution in [0, 0.1) is 0 Å². The van der Waals surface area contributed by atoms with Crippen molar-refractivity contribution in [1.82, 2.24) is 0 Å². The van der Waals surface area contributed by atoms with Crippen molar-refractivity contribution in [3.63, 3.8) is 0 Å². The van der Waals surface area contributed by atoms with Crippen molar-refractivity contribution in [3.05, 3.63) is 53.6 Å². The third-order valence-electron chi connectivity index (χ3n) is 3.02. The monoisotopic (exact) mass is 289 g/mol. The second-order valence-electron chi connectivity index (χ2n) is 4.43. The lowest BCUT2D eigenvalue weighted by Gasteiger charge is -2.10. The first-order valence-electron chi connectivity index (χ1n) is 7.10. The molecule has 0 aliphatic heterocycles. The highest BCUT2D eigenvalue weighted by Gasteiger charge is 2.04. The number of hydrogen-bond donors (Lipinski definition) is 0. The van der Waals surface area contributed by atoms with Crippen molar-refractivity contribution in [2.24, 2.45) is 0 Å². The molecular formula is C17H20O4. The zero-order chi connectivity index (χ0) is 15.9. The van der Waals surface area contributed by atoms with Gasteiger partial charge in [0.25, 0.3) is 0 Å². The molecule has 0 spiro atoms. The molecule has 0 radical (unpaired) electrons. The predicted molar refractivity (Wildman–Crippen MR) is 81.0 cm³/mol. The molecule has 0 fully saturated rings. The van der Waals surface area contributed by atoms with Crippen LogP contribution < -0.4 is 14.2 Å². The molecule has 0 amide bonds. The van der Waals surface area contributed by atoms with E-state index in [0.717, 1.165) is 16.9 Å². The molecular weight excluding hydrogens is 268 g/mol. The molecule has 2 aromatic rings. The van der Waals surface area contributed by atoms with Gasteiger partial charge in [-0.05, 0) is 35.4 Å². The average molecular weight is 289 g/mol. The van der Waals surface area contributed by atoms with Crippen molar-refractivity contribution in [1.29, 1.82) is 0 Å². The zero-order valence-corrected chi connectivity index (χ0v) is 12.5. The van der Waals surface area contributed by atoms with Crippen LogP contribution in [-0.4, -0.2) is 21.3 Å². The second kappa shape index (κ2) is 7.55. The Morgan fingerprint density at radius 3 is 2.33 bits per heavy atom. The molecule has 0 saturated heterocycles. The van der Waals surface area contributed by atoms with Crippen LogP contribution in [0.25, 0.3) is 0 Å². The number of ether oxygens (including phenoxy) is 4. The number of benzene rings is 2. The van der Waals surface area contributed by atoms with E-state index in [9.17, 15) is 0 Å². The van der Waals surface area contributed by atoms with Gasteiger partial charge >= 0.3 is 0 Å². The van der Waals surface area contributed by atoms with Crippen LogP contribution in [0.3, 0.4) is 0 Å². The van der Waals surface area contributed by atoms with Crippen molar-refractivity contribution in [3.8, 4) is 17.2 Å². The lowest BCUT2D eigenvalue weighted by molar-refractivity contribution is 0.107. The molecule has 112 valence electrons. The molecule has 0 aliphatic carbocycles. The van der Waals surface area contributed by atoms with E-state index >= 15 is 0 Å². The molecule has 0 aliphatic rings. The van der Waals surface area contributed by atoms with Crippen LogP contribution >= 0.6 is 0 Å². The highest BCUT2D eigenvalue weighted by molar-refractivity contribution is 5.42. The first kappa shape index (κ1) is 13.8. The van der Waals surface area contributed by atoms with E-state index in [1.54, 1.807) is 20.3 Å². The van der Waals surface area contributed by atoms with Crippen LogP contribution in [0.1, 0.15) is 12.5 Å². The summed E-state index contributed by atoms with van der Waals surface area (Å²) in [6, 6.07) is 11.6. The van der Waals surface area contributed by atoms with Crippen LogP contribution in [0.15, 0.2) is 42.4 Å². The van der Waals surface area contributed by atoms with Gasteiger partial charge in [-0.15, -0.1) is 0 Å². The number of hydrogen-bond acceptors (Lipinski definition) is 4. The molecule has 21 heavy (non-hydrogen) atoms. The van der Waals surface area contributed by atoms with Gasteiger partial charge in [0.1, 0.15) is 5.75 Å². The Labute approximate surface area is 126 Å². The highest BCUT2D eigenvalue weighted by atomic mass is 16.5. The lowest BCUT2D eigenvalue weighted by Crippen LogP contribution is -1.97. The highest BCUT2D eigenvalue weighted by Crippen LogP contribution is 2.27. The van der Waals surface area contributed by atoms with E-state index in [1.807, 2.05) is 30.3 Å². The fraction of sp³-hybridized carbons (Fsp3) is 0.294. The Morgan fingerprint density at radius 1 is 0.857 bits per heavy atom. The second-order valence-corrected chi connectivity index (χ2v) is 4.43. The molecule has 4 nitrogen and oxygen atoms in total. The first-order chi connectivity index (χ1) is 10.7. The smallest absolute Gasteiger partial charge is 0.161 e. The van der Waals surface area contributed by atoms with Crippen LogP contribution in [0.2, 0.25) is 0 Å². The minimum absolute atomic E-state index is 0.285. The maximum atomic E-state index is 8.13. The normalized spacial score (nSPS) is 10.9. The number of methoxy groups -OCH3 is 3. The Bertz CT molecular complexity index is 628. The average Bonchev–Trinajstić information content (AvgIpc) is 2.56. The summed E-state index contributed by atoms with van der Waals surface area (Å²) in [5.74, 6) is 1.77. The van der Waals surface area contributed by atoms with Crippen LogP contribution in [0.4, 0.5) is 0 Å². The fourth-order valence-electron chi connectivity index (χ4n) is 1.94. The lowest BCUT2D eigenvalue weighted by atomic mass is 10.2. The van der Waals surface area contributed by atoms with E-state index in [-0.39, 0.29) is 6.04 Å². The van der Waals surface area contributed by atoms with Crippen LogP contribution in [-0.2, 0) is 18.0 Å². The van der Waals surface area contributed by atoms with Gasteiger partial charge in [-0.3, -0.25) is 0 Å². The largest absolute Gasteiger partial charge is 0.497 e.